The Morgan fingerprint density at radius 3 is 2.81 bits per heavy atom. The van der Waals surface area contributed by atoms with Crippen molar-refractivity contribution in [2.24, 2.45) is 0 Å². The van der Waals surface area contributed by atoms with Crippen molar-refractivity contribution in [3.63, 3.8) is 0 Å². The van der Waals surface area contributed by atoms with Crippen LogP contribution in [0.1, 0.15) is 25.8 Å². The first-order chi connectivity index (χ1) is 7.59. The fourth-order valence-electron chi connectivity index (χ4n) is 1.85. The SMILES string of the molecule is C=C(C)Cn1c([C@H](C)O)nc2ccccc21. The van der Waals surface area contributed by atoms with Crippen LogP contribution in [-0.2, 0) is 6.54 Å². The lowest BCUT2D eigenvalue weighted by atomic mass is 10.3. The van der Waals surface area contributed by atoms with Crippen LogP contribution in [0.15, 0.2) is 36.4 Å². The van der Waals surface area contributed by atoms with Crippen molar-refractivity contribution in [2.75, 3.05) is 0 Å². The first-order valence-corrected chi connectivity index (χ1v) is 5.37. The predicted molar refractivity (Wildman–Crippen MR) is 65.2 cm³/mol. The molecule has 1 aromatic carbocycles. The molecule has 0 spiro atoms. The van der Waals surface area contributed by atoms with E-state index in [4.69, 9.17) is 0 Å². The number of allylic oxidation sites excluding steroid dienone is 1. The molecule has 2 aromatic rings. The minimum absolute atomic E-state index is 0.563. The molecular formula is C13H16N2O. The van der Waals surface area contributed by atoms with Crippen LogP contribution in [0.3, 0.4) is 0 Å². The van der Waals surface area contributed by atoms with E-state index >= 15 is 0 Å². The van der Waals surface area contributed by atoms with E-state index in [0.29, 0.717) is 12.4 Å². The maximum atomic E-state index is 9.71. The largest absolute Gasteiger partial charge is 0.385 e. The molecule has 1 N–H and O–H groups in total. The van der Waals surface area contributed by atoms with Gasteiger partial charge in [0.1, 0.15) is 11.9 Å². The summed E-state index contributed by atoms with van der Waals surface area (Å²) in [5, 5.41) is 9.71. The van der Waals surface area contributed by atoms with Crippen LogP contribution in [-0.4, -0.2) is 14.7 Å². The molecule has 0 aliphatic carbocycles. The third kappa shape index (κ3) is 1.86. The summed E-state index contributed by atoms with van der Waals surface area (Å²) >= 11 is 0. The van der Waals surface area contributed by atoms with Gasteiger partial charge in [-0.05, 0) is 26.0 Å². The number of rotatable bonds is 3. The van der Waals surface area contributed by atoms with Crippen LogP contribution >= 0.6 is 0 Å². The second-order valence-electron chi connectivity index (χ2n) is 4.18. The van der Waals surface area contributed by atoms with Crippen LogP contribution in [0.25, 0.3) is 11.0 Å². The Bertz CT molecular complexity index is 526. The molecule has 2 rings (SSSR count). The number of nitrogens with zero attached hydrogens (tertiary/aromatic N) is 2. The molecule has 0 fully saturated rings. The van der Waals surface area contributed by atoms with Gasteiger partial charge < -0.3 is 9.67 Å². The summed E-state index contributed by atoms with van der Waals surface area (Å²) in [6.45, 7) is 8.31. The number of aliphatic hydroxyl groups is 1. The van der Waals surface area contributed by atoms with Crippen molar-refractivity contribution in [3.8, 4) is 0 Å². The number of fused-ring (bicyclic) bond motifs is 1. The molecule has 1 heterocycles. The van der Waals surface area contributed by atoms with Gasteiger partial charge in [-0.2, -0.15) is 0 Å². The number of hydrogen-bond donors (Lipinski definition) is 1. The van der Waals surface area contributed by atoms with Crippen molar-refractivity contribution in [3.05, 3.63) is 42.2 Å². The fraction of sp³-hybridized carbons (Fsp3) is 0.308. The second-order valence-corrected chi connectivity index (χ2v) is 4.18. The highest BCUT2D eigenvalue weighted by Crippen LogP contribution is 2.21. The predicted octanol–water partition coefficient (Wildman–Crippen LogP) is 2.67. The molecule has 3 nitrogen and oxygen atoms in total. The zero-order valence-corrected chi connectivity index (χ0v) is 9.64. The molecule has 0 radical (unpaired) electrons. The lowest BCUT2D eigenvalue weighted by Crippen LogP contribution is -2.07. The van der Waals surface area contributed by atoms with Crippen molar-refractivity contribution < 1.29 is 5.11 Å². The maximum Gasteiger partial charge on any atom is 0.138 e. The van der Waals surface area contributed by atoms with Crippen LogP contribution in [0.2, 0.25) is 0 Å². The van der Waals surface area contributed by atoms with Crippen LogP contribution < -0.4 is 0 Å². The number of aromatic nitrogens is 2. The van der Waals surface area contributed by atoms with Gasteiger partial charge in [0.25, 0.3) is 0 Å². The highest BCUT2D eigenvalue weighted by molar-refractivity contribution is 5.76. The molecule has 0 saturated carbocycles. The summed E-state index contributed by atoms with van der Waals surface area (Å²) in [7, 11) is 0. The normalized spacial score (nSPS) is 12.9. The molecule has 84 valence electrons. The van der Waals surface area contributed by atoms with Crippen molar-refractivity contribution in [1.29, 1.82) is 0 Å². The van der Waals surface area contributed by atoms with Crippen molar-refractivity contribution in [1.82, 2.24) is 9.55 Å². The Kier molecular flexibility index (Phi) is 2.79. The van der Waals surface area contributed by atoms with Gasteiger partial charge in [0, 0.05) is 6.54 Å². The zero-order valence-electron chi connectivity index (χ0n) is 9.64. The number of benzene rings is 1. The Morgan fingerprint density at radius 1 is 1.50 bits per heavy atom. The highest BCUT2D eigenvalue weighted by Gasteiger charge is 2.13. The summed E-state index contributed by atoms with van der Waals surface area (Å²) in [5.41, 5.74) is 3.01. The van der Waals surface area contributed by atoms with Gasteiger partial charge >= 0.3 is 0 Å². The summed E-state index contributed by atoms with van der Waals surface area (Å²) in [4.78, 5) is 4.44. The first-order valence-electron chi connectivity index (χ1n) is 5.37. The number of imidazole rings is 1. The quantitative estimate of drug-likeness (QED) is 0.801. The highest BCUT2D eigenvalue weighted by atomic mass is 16.3. The Hall–Kier alpha value is -1.61. The molecule has 0 bridgehead atoms. The molecule has 3 heteroatoms. The van der Waals surface area contributed by atoms with Gasteiger partial charge in [0.2, 0.25) is 0 Å². The molecule has 0 unspecified atom stereocenters. The van der Waals surface area contributed by atoms with Gasteiger partial charge in [-0.25, -0.2) is 4.98 Å². The third-order valence-corrected chi connectivity index (χ3v) is 2.49. The second kappa shape index (κ2) is 4.10. The summed E-state index contributed by atoms with van der Waals surface area (Å²) in [6, 6.07) is 7.89. The van der Waals surface area contributed by atoms with Gasteiger partial charge in [-0.3, -0.25) is 0 Å². The van der Waals surface area contributed by atoms with E-state index in [9.17, 15) is 5.11 Å². The Balaban J connectivity index is 2.64. The third-order valence-electron chi connectivity index (χ3n) is 2.49. The van der Waals surface area contributed by atoms with E-state index in [1.165, 1.54) is 0 Å². The van der Waals surface area contributed by atoms with Crippen LogP contribution in [0, 0.1) is 0 Å². The molecule has 0 saturated heterocycles. The monoisotopic (exact) mass is 216 g/mol. The standard InChI is InChI=1S/C13H16N2O/c1-9(2)8-15-12-7-5-4-6-11(12)14-13(15)10(3)16/h4-7,10,16H,1,8H2,2-3H3/t10-/m0/s1. The van der Waals surface area contributed by atoms with E-state index in [-0.39, 0.29) is 0 Å². The molecule has 1 atom stereocenters. The summed E-state index contributed by atoms with van der Waals surface area (Å²) in [5.74, 6) is 0.698. The topological polar surface area (TPSA) is 38.0 Å². The van der Waals surface area contributed by atoms with Gasteiger partial charge in [0.05, 0.1) is 11.0 Å². The summed E-state index contributed by atoms with van der Waals surface area (Å²) < 4.78 is 2.02. The van der Waals surface area contributed by atoms with Crippen molar-refractivity contribution in [2.45, 2.75) is 26.5 Å². The smallest absolute Gasteiger partial charge is 0.138 e. The average molecular weight is 216 g/mol. The average Bonchev–Trinajstić information content (AvgIpc) is 2.57. The summed E-state index contributed by atoms with van der Waals surface area (Å²) in [6.07, 6.45) is -0.563. The Morgan fingerprint density at radius 2 is 2.19 bits per heavy atom. The van der Waals surface area contributed by atoms with E-state index in [1.807, 2.05) is 35.8 Å². The fourth-order valence-corrected chi connectivity index (χ4v) is 1.85. The van der Waals surface area contributed by atoms with E-state index in [0.717, 1.165) is 16.6 Å². The van der Waals surface area contributed by atoms with Crippen molar-refractivity contribution >= 4 is 11.0 Å². The van der Waals surface area contributed by atoms with Crippen LogP contribution in [0.4, 0.5) is 0 Å². The van der Waals surface area contributed by atoms with E-state index in [1.54, 1.807) is 6.92 Å². The van der Waals surface area contributed by atoms with Gasteiger partial charge in [-0.1, -0.05) is 24.3 Å². The zero-order chi connectivity index (χ0) is 11.7. The maximum absolute atomic E-state index is 9.71. The minimum atomic E-state index is -0.563. The molecule has 0 amide bonds. The lowest BCUT2D eigenvalue weighted by molar-refractivity contribution is 0.185. The molecule has 0 aliphatic heterocycles. The Labute approximate surface area is 95.0 Å². The molecule has 1 aromatic heterocycles. The van der Waals surface area contributed by atoms with Crippen LogP contribution in [0.5, 0.6) is 0 Å². The van der Waals surface area contributed by atoms with Gasteiger partial charge in [-0.15, -0.1) is 0 Å². The molecular weight excluding hydrogens is 200 g/mol. The number of hydrogen-bond acceptors (Lipinski definition) is 2. The molecule has 0 aliphatic rings. The number of para-hydroxylation sites is 2. The molecule has 16 heavy (non-hydrogen) atoms. The minimum Gasteiger partial charge on any atom is -0.385 e. The lowest BCUT2D eigenvalue weighted by Gasteiger charge is -2.10. The van der Waals surface area contributed by atoms with E-state index < -0.39 is 6.10 Å². The number of aliphatic hydroxyl groups excluding tert-OH is 1. The first kappa shape index (κ1) is 10.9. The van der Waals surface area contributed by atoms with E-state index in [2.05, 4.69) is 11.6 Å². The van der Waals surface area contributed by atoms with Gasteiger partial charge in [0.15, 0.2) is 0 Å².